The number of aliphatic carboxylic acids is 1. The third kappa shape index (κ3) is 4.19. The highest BCUT2D eigenvalue weighted by Gasteiger charge is 2.21. The summed E-state index contributed by atoms with van der Waals surface area (Å²) in [4.78, 5) is 27.2. The summed E-state index contributed by atoms with van der Waals surface area (Å²) in [6.07, 6.45) is 0. The fourth-order valence-corrected chi connectivity index (χ4v) is 2.39. The summed E-state index contributed by atoms with van der Waals surface area (Å²) in [5, 5.41) is 11.4. The lowest BCUT2D eigenvalue weighted by Gasteiger charge is -2.34. The van der Waals surface area contributed by atoms with Crippen LogP contribution in [0, 0.1) is 0 Å². The Kier molecular flexibility index (Phi) is 5.16. The van der Waals surface area contributed by atoms with Crippen molar-refractivity contribution in [1.29, 1.82) is 0 Å². The van der Waals surface area contributed by atoms with Crippen LogP contribution in [0.4, 0.5) is 5.69 Å². The van der Waals surface area contributed by atoms with Crippen molar-refractivity contribution in [3.63, 3.8) is 0 Å². The van der Waals surface area contributed by atoms with E-state index in [0.29, 0.717) is 11.3 Å². The van der Waals surface area contributed by atoms with Crippen molar-refractivity contribution >= 4 is 17.6 Å². The van der Waals surface area contributed by atoms with Gasteiger partial charge >= 0.3 is 5.97 Å². The van der Waals surface area contributed by atoms with Crippen LogP contribution in [0.2, 0.25) is 0 Å². The first kappa shape index (κ1) is 15.3. The summed E-state index contributed by atoms with van der Waals surface area (Å²) in [7, 11) is 0. The second-order valence-electron chi connectivity index (χ2n) is 5.05. The fourth-order valence-electron chi connectivity index (χ4n) is 2.39. The van der Waals surface area contributed by atoms with Crippen molar-refractivity contribution in [3.8, 4) is 0 Å². The molecule has 2 rings (SSSR count). The molecule has 1 amide bonds. The normalized spacial score (nSPS) is 15.8. The molecule has 0 bridgehead atoms. The van der Waals surface area contributed by atoms with Gasteiger partial charge in [-0.2, -0.15) is 0 Å². The number of carboxylic acids is 1. The molecule has 1 fully saturated rings. The SMILES string of the molecule is CCN1CCN(C(=O)c2cccc(NCC(=O)O)c2)CC1. The maximum absolute atomic E-state index is 12.4. The largest absolute Gasteiger partial charge is 0.480 e. The molecule has 1 aromatic carbocycles. The van der Waals surface area contributed by atoms with Crippen LogP contribution in [-0.4, -0.2) is 66.1 Å². The Labute approximate surface area is 124 Å². The highest BCUT2D eigenvalue weighted by Crippen LogP contribution is 2.14. The average molecular weight is 291 g/mol. The number of benzene rings is 1. The minimum absolute atomic E-state index is 0.00438. The summed E-state index contributed by atoms with van der Waals surface area (Å²) >= 11 is 0. The second kappa shape index (κ2) is 7.08. The lowest BCUT2D eigenvalue weighted by atomic mass is 10.1. The van der Waals surface area contributed by atoms with E-state index in [1.54, 1.807) is 24.3 Å². The molecule has 1 aromatic rings. The molecule has 0 spiro atoms. The number of anilines is 1. The van der Waals surface area contributed by atoms with E-state index in [1.165, 1.54) is 0 Å². The van der Waals surface area contributed by atoms with E-state index in [-0.39, 0.29) is 12.5 Å². The molecule has 2 N–H and O–H groups in total. The number of likely N-dealkylation sites (N-methyl/N-ethyl adjacent to an activating group) is 1. The summed E-state index contributed by atoms with van der Waals surface area (Å²) in [6.45, 7) is 6.25. The first-order valence-corrected chi connectivity index (χ1v) is 7.17. The van der Waals surface area contributed by atoms with Gasteiger partial charge in [0.25, 0.3) is 5.91 Å². The second-order valence-corrected chi connectivity index (χ2v) is 5.05. The molecule has 6 nitrogen and oxygen atoms in total. The molecule has 0 aromatic heterocycles. The van der Waals surface area contributed by atoms with Crippen LogP contribution < -0.4 is 5.32 Å². The van der Waals surface area contributed by atoms with Gasteiger partial charge in [-0.15, -0.1) is 0 Å². The average Bonchev–Trinajstić information content (AvgIpc) is 2.52. The van der Waals surface area contributed by atoms with Crippen LogP contribution >= 0.6 is 0 Å². The number of carbonyl (C=O) groups excluding carboxylic acids is 1. The Hall–Kier alpha value is -2.08. The monoisotopic (exact) mass is 291 g/mol. The maximum atomic E-state index is 12.4. The van der Waals surface area contributed by atoms with Gasteiger partial charge in [0.15, 0.2) is 0 Å². The van der Waals surface area contributed by atoms with Gasteiger partial charge in [-0.05, 0) is 24.7 Å². The predicted molar refractivity (Wildman–Crippen MR) is 80.6 cm³/mol. The first-order chi connectivity index (χ1) is 10.1. The lowest BCUT2D eigenvalue weighted by molar-refractivity contribution is -0.134. The smallest absolute Gasteiger partial charge is 0.322 e. The number of carboxylic acid groups (broad SMARTS) is 1. The summed E-state index contributed by atoms with van der Waals surface area (Å²) in [5.41, 5.74) is 1.24. The van der Waals surface area contributed by atoms with Crippen molar-refractivity contribution < 1.29 is 14.7 Å². The lowest BCUT2D eigenvalue weighted by Crippen LogP contribution is -2.48. The number of nitrogens with one attached hydrogen (secondary N) is 1. The molecular weight excluding hydrogens is 270 g/mol. The number of amides is 1. The minimum atomic E-state index is -0.928. The van der Waals surface area contributed by atoms with Crippen LogP contribution in [0.25, 0.3) is 0 Å². The zero-order valence-electron chi connectivity index (χ0n) is 12.2. The Morgan fingerprint density at radius 3 is 2.57 bits per heavy atom. The van der Waals surface area contributed by atoms with Crippen molar-refractivity contribution in [2.75, 3.05) is 44.6 Å². The van der Waals surface area contributed by atoms with E-state index in [1.807, 2.05) is 4.90 Å². The zero-order chi connectivity index (χ0) is 15.2. The van der Waals surface area contributed by atoms with Crippen LogP contribution in [0.5, 0.6) is 0 Å². The molecule has 21 heavy (non-hydrogen) atoms. The van der Waals surface area contributed by atoms with E-state index >= 15 is 0 Å². The van der Waals surface area contributed by atoms with Crippen LogP contribution in [0.1, 0.15) is 17.3 Å². The number of hydrogen-bond donors (Lipinski definition) is 2. The minimum Gasteiger partial charge on any atom is -0.480 e. The molecule has 114 valence electrons. The third-order valence-corrected chi connectivity index (χ3v) is 3.66. The molecule has 0 radical (unpaired) electrons. The number of hydrogen-bond acceptors (Lipinski definition) is 4. The van der Waals surface area contributed by atoms with Crippen LogP contribution in [0.3, 0.4) is 0 Å². The number of piperazine rings is 1. The number of rotatable bonds is 5. The van der Waals surface area contributed by atoms with E-state index in [4.69, 9.17) is 5.11 Å². The van der Waals surface area contributed by atoms with E-state index in [0.717, 1.165) is 32.7 Å². The molecule has 0 unspecified atom stereocenters. The molecule has 1 aliphatic rings. The van der Waals surface area contributed by atoms with Gasteiger partial charge in [-0.3, -0.25) is 9.59 Å². The van der Waals surface area contributed by atoms with Gasteiger partial charge < -0.3 is 20.2 Å². The molecule has 1 aliphatic heterocycles. The summed E-state index contributed by atoms with van der Waals surface area (Å²) in [5.74, 6) is -0.924. The predicted octanol–water partition coefficient (Wildman–Crippen LogP) is 0.961. The molecular formula is C15H21N3O3. The quantitative estimate of drug-likeness (QED) is 0.845. The fraction of sp³-hybridized carbons (Fsp3) is 0.467. The number of nitrogens with zero attached hydrogens (tertiary/aromatic N) is 2. The molecule has 1 saturated heterocycles. The summed E-state index contributed by atoms with van der Waals surface area (Å²) in [6, 6.07) is 6.99. The third-order valence-electron chi connectivity index (χ3n) is 3.66. The van der Waals surface area contributed by atoms with Gasteiger partial charge in [0.05, 0.1) is 0 Å². The van der Waals surface area contributed by atoms with E-state index in [9.17, 15) is 9.59 Å². The van der Waals surface area contributed by atoms with E-state index in [2.05, 4.69) is 17.1 Å². The van der Waals surface area contributed by atoms with Crippen LogP contribution in [0.15, 0.2) is 24.3 Å². The molecule has 1 heterocycles. The van der Waals surface area contributed by atoms with Gasteiger partial charge in [0.2, 0.25) is 0 Å². The highest BCUT2D eigenvalue weighted by atomic mass is 16.4. The first-order valence-electron chi connectivity index (χ1n) is 7.17. The Morgan fingerprint density at radius 2 is 1.95 bits per heavy atom. The number of carbonyl (C=O) groups is 2. The van der Waals surface area contributed by atoms with Gasteiger partial charge in [0, 0.05) is 37.4 Å². The van der Waals surface area contributed by atoms with Gasteiger partial charge in [-0.25, -0.2) is 0 Å². The molecule has 6 heteroatoms. The standard InChI is InChI=1S/C15H21N3O3/c1-2-17-6-8-18(9-7-17)15(21)12-4-3-5-13(10-12)16-11-14(19)20/h3-5,10,16H,2,6-9,11H2,1H3,(H,19,20). The Morgan fingerprint density at radius 1 is 1.24 bits per heavy atom. The molecule has 0 atom stereocenters. The molecule has 0 aliphatic carbocycles. The van der Waals surface area contributed by atoms with Crippen molar-refractivity contribution in [2.24, 2.45) is 0 Å². The summed E-state index contributed by atoms with van der Waals surface area (Å²) < 4.78 is 0. The molecule has 0 saturated carbocycles. The van der Waals surface area contributed by atoms with Crippen LogP contribution in [-0.2, 0) is 4.79 Å². The van der Waals surface area contributed by atoms with Crippen molar-refractivity contribution in [1.82, 2.24) is 9.80 Å². The maximum Gasteiger partial charge on any atom is 0.322 e. The zero-order valence-corrected chi connectivity index (χ0v) is 12.2. The van der Waals surface area contributed by atoms with Gasteiger partial charge in [-0.1, -0.05) is 13.0 Å². The van der Waals surface area contributed by atoms with E-state index < -0.39 is 5.97 Å². The topological polar surface area (TPSA) is 72.9 Å². The van der Waals surface area contributed by atoms with Crippen molar-refractivity contribution in [3.05, 3.63) is 29.8 Å². The Balaban J connectivity index is 1.99. The van der Waals surface area contributed by atoms with Gasteiger partial charge in [0.1, 0.15) is 6.54 Å². The Bertz CT molecular complexity index is 511. The van der Waals surface area contributed by atoms with Crippen molar-refractivity contribution in [2.45, 2.75) is 6.92 Å². The highest BCUT2D eigenvalue weighted by molar-refractivity contribution is 5.95.